The van der Waals surface area contributed by atoms with Crippen molar-refractivity contribution >= 4 is 49.8 Å². The molecular formula is C27H29ClN6O3S. The molecule has 0 unspecified atom stereocenters. The topological polar surface area (TPSA) is 100 Å². The van der Waals surface area contributed by atoms with E-state index in [9.17, 15) is 13.2 Å². The van der Waals surface area contributed by atoms with E-state index in [1.54, 1.807) is 24.4 Å². The molecule has 0 amide bonds. The van der Waals surface area contributed by atoms with Gasteiger partial charge in [0.1, 0.15) is 5.65 Å². The minimum absolute atomic E-state index is 0.0198. The van der Waals surface area contributed by atoms with Gasteiger partial charge in [-0.05, 0) is 50.4 Å². The highest BCUT2D eigenvalue weighted by Gasteiger charge is 2.20. The van der Waals surface area contributed by atoms with Crippen molar-refractivity contribution in [3.8, 4) is 11.1 Å². The summed E-state index contributed by atoms with van der Waals surface area (Å²) in [6.07, 6.45) is 2.73. The van der Waals surface area contributed by atoms with Crippen LogP contribution < -0.4 is 15.8 Å². The van der Waals surface area contributed by atoms with Crippen LogP contribution in [-0.2, 0) is 16.4 Å². The molecule has 198 valence electrons. The highest BCUT2D eigenvalue weighted by atomic mass is 35.5. The summed E-state index contributed by atoms with van der Waals surface area (Å²) in [5.74, 6) is 0.372. The number of piperazine rings is 1. The predicted molar refractivity (Wildman–Crippen MR) is 152 cm³/mol. The SMILES string of the molecule is CCn1c(=O)c(-c2cccc(S(C)(=O)=O)c2Cl)cc2cnc(Nc3ccc(N4CCN(C)CC4)cc3)nc21. The van der Waals surface area contributed by atoms with Crippen molar-refractivity contribution in [2.45, 2.75) is 18.4 Å². The van der Waals surface area contributed by atoms with E-state index < -0.39 is 9.84 Å². The van der Waals surface area contributed by atoms with Crippen LogP contribution in [0.2, 0.25) is 5.02 Å². The van der Waals surface area contributed by atoms with Crippen molar-refractivity contribution in [3.05, 3.63) is 70.1 Å². The first-order valence-electron chi connectivity index (χ1n) is 12.4. The number of nitrogens with zero attached hydrogens (tertiary/aromatic N) is 5. The first-order valence-corrected chi connectivity index (χ1v) is 14.6. The predicted octanol–water partition coefficient (Wildman–Crippen LogP) is 4.03. The summed E-state index contributed by atoms with van der Waals surface area (Å²) in [6, 6.07) is 14.5. The zero-order chi connectivity index (χ0) is 27.0. The summed E-state index contributed by atoms with van der Waals surface area (Å²) in [4.78, 5) is 27.2. The number of nitrogens with one attached hydrogen (secondary N) is 1. The van der Waals surface area contributed by atoms with Gasteiger partial charge in [-0.25, -0.2) is 13.4 Å². The summed E-state index contributed by atoms with van der Waals surface area (Å²) in [6.45, 7) is 6.30. The van der Waals surface area contributed by atoms with Crippen LogP contribution in [0.25, 0.3) is 22.2 Å². The Balaban J connectivity index is 1.47. The summed E-state index contributed by atoms with van der Waals surface area (Å²) in [5.41, 5.74) is 2.82. The molecule has 0 atom stereocenters. The summed E-state index contributed by atoms with van der Waals surface area (Å²) in [7, 11) is -1.42. The number of halogens is 1. The van der Waals surface area contributed by atoms with Gasteiger partial charge in [-0.1, -0.05) is 23.7 Å². The van der Waals surface area contributed by atoms with Gasteiger partial charge in [-0.2, -0.15) is 4.98 Å². The smallest absolute Gasteiger partial charge is 0.260 e. The Morgan fingerprint density at radius 3 is 2.39 bits per heavy atom. The molecule has 4 aromatic rings. The molecule has 5 rings (SSSR count). The summed E-state index contributed by atoms with van der Waals surface area (Å²) < 4.78 is 25.9. The van der Waals surface area contributed by atoms with Crippen LogP contribution in [0.5, 0.6) is 0 Å². The van der Waals surface area contributed by atoms with Gasteiger partial charge >= 0.3 is 0 Å². The number of aromatic nitrogens is 3. The van der Waals surface area contributed by atoms with Gasteiger partial charge in [0.2, 0.25) is 5.95 Å². The van der Waals surface area contributed by atoms with Gasteiger partial charge < -0.3 is 15.1 Å². The second kappa shape index (κ2) is 10.4. The van der Waals surface area contributed by atoms with Crippen molar-refractivity contribution in [1.82, 2.24) is 19.4 Å². The van der Waals surface area contributed by atoms with Crippen molar-refractivity contribution in [1.29, 1.82) is 0 Å². The number of rotatable bonds is 6. The normalized spacial score (nSPS) is 14.7. The van der Waals surface area contributed by atoms with Crippen LogP contribution >= 0.6 is 11.6 Å². The number of hydrogen-bond acceptors (Lipinski definition) is 8. The van der Waals surface area contributed by atoms with Crippen LogP contribution in [0.1, 0.15) is 6.92 Å². The van der Waals surface area contributed by atoms with Gasteiger partial charge in [-0.3, -0.25) is 9.36 Å². The Labute approximate surface area is 226 Å². The maximum atomic E-state index is 13.5. The standard InChI is InChI=1S/C27H29ClN6O3S/c1-4-34-25-18(16-22(26(34)35)21-6-5-7-23(24(21)28)38(3,36)37)17-29-27(31-25)30-19-8-10-20(11-9-19)33-14-12-32(2)13-15-33/h5-11,16-17H,4,12-15H2,1-3H3,(H,29,30,31). The number of aryl methyl sites for hydroxylation is 1. The van der Waals surface area contributed by atoms with E-state index in [0.717, 1.165) is 38.1 Å². The minimum Gasteiger partial charge on any atom is -0.369 e. The fourth-order valence-corrected chi connectivity index (χ4v) is 6.07. The molecule has 0 bridgehead atoms. The van der Waals surface area contributed by atoms with E-state index in [-0.39, 0.29) is 15.5 Å². The molecule has 1 fully saturated rings. The minimum atomic E-state index is -3.56. The van der Waals surface area contributed by atoms with Gasteiger partial charge in [0.25, 0.3) is 5.56 Å². The second-order valence-corrected chi connectivity index (χ2v) is 11.8. The molecule has 1 aliphatic heterocycles. The maximum absolute atomic E-state index is 13.5. The average Bonchev–Trinajstić information content (AvgIpc) is 2.89. The highest BCUT2D eigenvalue weighted by Crippen LogP contribution is 2.33. The molecule has 0 radical (unpaired) electrons. The average molecular weight is 553 g/mol. The van der Waals surface area contributed by atoms with E-state index in [0.29, 0.717) is 34.7 Å². The molecule has 38 heavy (non-hydrogen) atoms. The van der Waals surface area contributed by atoms with Crippen molar-refractivity contribution < 1.29 is 8.42 Å². The Morgan fingerprint density at radius 1 is 1.03 bits per heavy atom. The van der Waals surface area contributed by atoms with Crippen LogP contribution in [0.3, 0.4) is 0 Å². The molecule has 2 aromatic carbocycles. The third kappa shape index (κ3) is 5.11. The van der Waals surface area contributed by atoms with E-state index in [4.69, 9.17) is 11.6 Å². The fraction of sp³-hybridized carbons (Fsp3) is 0.296. The lowest BCUT2D eigenvalue weighted by Gasteiger charge is -2.34. The summed E-state index contributed by atoms with van der Waals surface area (Å²) in [5, 5.41) is 3.89. The lowest BCUT2D eigenvalue weighted by molar-refractivity contribution is 0.313. The highest BCUT2D eigenvalue weighted by molar-refractivity contribution is 7.90. The lowest BCUT2D eigenvalue weighted by atomic mass is 10.1. The third-order valence-electron chi connectivity index (χ3n) is 6.79. The number of benzene rings is 2. The largest absolute Gasteiger partial charge is 0.369 e. The zero-order valence-electron chi connectivity index (χ0n) is 21.5. The molecule has 0 aliphatic carbocycles. The number of likely N-dealkylation sites (N-methyl/N-ethyl adjacent to an activating group) is 1. The van der Waals surface area contributed by atoms with E-state index in [1.807, 2.05) is 19.1 Å². The molecule has 0 saturated carbocycles. The third-order valence-corrected chi connectivity index (χ3v) is 8.45. The van der Waals surface area contributed by atoms with Crippen molar-refractivity contribution in [2.75, 3.05) is 49.7 Å². The van der Waals surface area contributed by atoms with Crippen molar-refractivity contribution in [3.63, 3.8) is 0 Å². The van der Waals surface area contributed by atoms with Gasteiger partial charge in [0.15, 0.2) is 9.84 Å². The van der Waals surface area contributed by atoms with Gasteiger partial charge in [-0.15, -0.1) is 0 Å². The summed E-state index contributed by atoms with van der Waals surface area (Å²) >= 11 is 6.46. The lowest BCUT2D eigenvalue weighted by Crippen LogP contribution is -2.44. The molecule has 11 heteroatoms. The molecule has 2 aromatic heterocycles. The monoisotopic (exact) mass is 552 g/mol. The quantitative estimate of drug-likeness (QED) is 0.383. The molecule has 1 aliphatic rings. The maximum Gasteiger partial charge on any atom is 0.260 e. The molecule has 0 spiro atoms. The number of sulfone groups is 1. The van der Waals surface area contributed by atoms with Crippen LogP contribution in [0.4, 0.5) is 17.3 Å². The zero-order valence-corrected chi connectivity index (χ0v) is 23.1. The molecular weight excluding hydrogens is 524 g/mol. The van der Waals surface area contributed by atoms with Crippen LogP contribution in [0.15, 0.2) is 64.4 Å². The Morgan fingerprint density at radius 2 is 1.74 bits per heavy atom. The molecule has 1 saturated heterocycles. The Bertz CT molecular complexity index is 1660. The second-order valence-electron chi connectivity index (χ2n) is 9.43. The number of pyridine rings is 1. The Hall–Kier alpha value is -3.47. The first kappa shape index (κ1) is 26.1. The molecule has 1 N–H and O–H groups in total. The number of hydrogen-bond donors (Lipinski definition) is 1. The first-order chi connectivity index (χ1) is 18.2. The molecule has 3 heterocycles. The van der Waals surface area contributed by atoms with Crippen molar-refractivity contribution in [2.24, 2.45) is 0 Å². The van der Waals surface area contributed by atoms with E-state index in [2.05, 4.69) is 44.3 Å². The van der Waals surface area contributed by atoms with Gasteiger partial charge in [0.05, 0.1) is 9.92 Å². The molecule has 9 nitrogen and oxygen atoms in total. The number of anilines is 3. The Kier molecular flexibility index (Phi) is 7.13. The van der Waals surface area contributed by atoms with Gasteiger partial charge in [0, 0.05) is 73.1 Å². The van der Waals surface area contributed by atoms with Crippen LogP contribution in [-0.4, -0.2) is 67.3 Å². The number of fused-ring (bicyclic) bond motifs is 1. The van der Waals surface area contributed by atoms with Crippen LogP contribution in [0, 0.1) is 0 Å². The van der Waals surface area contributed by atoms with E-state index >= 15 is 0 Å². The van der Waals surface area contributed by atoms with E-state index in [1.165, 1.54) is 16.3 Å². The fourth-order valence-electron chi connectivity index (χ4n) is 4.66.